The van der Waals surface area contributed by atoms with Gasteiger partial charge in [-0.1, -0.05) is 38.1 Å². The Morgan fingerprint density at radius 3 is 2.24 bits per heavy atom. The third-order valence-corrected chi connectivity index (χ3v) is 9.11. The fourth-order valence-electron chi connectivity index (χ4n) is 4.04. The predicted molar refractivity (Wildman–Crippen MR) is 137 cm³/mol. The number of nitrogens with one attached hydrogen (secondary N) is 2. The van der Waals surface area contributed by atoms with Gasteiger partial charge in [0.25, 0.3) is 0 Å². The second-order valence-corrected chi connectivity index (χ2v) is 11.7. The van der Waals surface area contributed by atoms with Crippen molar-refractivity contribution < 1.29 is 31.7 Å². The molecule has 1 heterocycles. The third kappa shape index (κ3) is 6.56. The second kappa shape index (κ2) is 11.3. The Kier molecular flexibility index (Phi) is 8.79. The number of anilines is 3. The maximum atomic E-state index is 13.6. The van der Waals surface area contributed by atoms with Crippen LogP contribution in [0.1, 0.15) is 43.4 Å². The van der Waals surface area contributed by atoms with Crippen molar-refractivity contribution in [2.24, 2.45) is 0 Å². The maximum Gasteiger partial charge on any atom is 0.421 e. The molecule has 0 amide bonds. The smallest absolute Gasteiger partial charge is 0.365 e. The zero-order chi connectivity index (χ0) is 27.4. The molecule has 1 aromatic heterocycles. The van der Waals surface area contributed by atoms with E-state index in [1.165, 1.54) is 6.26 Å². The van der Waals surface area contributed by atoms with Gasteiger partial charge in [-0.15, -0.1) is 0 Å². The minimum Gasteiger partial charge on any atom is -0.365 e. The van der Waals surface area contributed by atoms with Gasteiger partial charge in [0, 0.05) is 40.4 Å². The van der Waals surface area contributed by atoms with Crippen LogP contribution in [0.15, 0.2) is 59.6 Å². The zero-order valence-corrected chi connectivity index (χ0v) is 22.1. The molecule has 0 aliphatic carbocycles. The molecule has 1 unspecified atom stereocenters. The van der Waals surface area contributed by atoms with E-state index in [1.807, 2.05) is 0 Å². The fourth-order valence-corrected chi connectivity index (χ4v) is 5.93. The Labute approximate surface area is 215 Å². The van der Waals surface area contributed by atoms with E-state index in [-0.39, 0.29) is 25.3 Å². The van der Waals surface area contributed by atoms with E-state index in [9.17, 15) is 31.7 Å². The molecule has 8 nitrogen and oxygen atoms in total. The van der Waals surface area contributed by atoms with Crippen molar-refractivity contribution in [3.63, 3.8) is 0 Å². The van der Waals surface area contributed by atoms with Crippen molar-refractivity contribution in [2.45, 2.75) is 49.5 Å². The van der Waals surface area contributed by atoms with E-state index >= 15 is 0 Å². The highest BCUT2D eigenvalue weighted by molar-refractivity contribution is 7.84. The van der Waals surface area contributed by atoms with Gasteiger partial charge in [-0.3, -0.25) is 8.77 Å². The van der Waals surface area contributed by atoms with Crippen LogP contribution in [0.25, 0.3) is 0 Å². The normalized spacial score (nSPS) is 13.3. The summed E-state index contributed by atoms with van der Waals surface area (Å²) in [5, 5.41) is 4.20. The van der Waals surface area contributed by atoms with Crippen LogP contribution in [-0.4, -0.2) is 30.2 Å². The highest BCUT2D eigenvalue weighted by atomic mass is 32.2. The number of benzene rings is 2. The molecular formula is C24H28F3N4O4PS. The lowest BCUT2D eigenvalue weighted by atomic mass is 9.92. The van der Waals surface area contributed by atoms with Crippen molar-refractivity contribution in [1.82, 2.24) is 9.97 Å². The summed E-state index contributed by atoms with van der Waals surface area (Å²) in [6.07, 6.45) is -2.04. The van der Waals surface area contributed by atoms with Crippen molar-refractivity contribution >= 4 is 35.8 Å². The molecule has 0 radical (unpaired) electrons. The average molecular weight is 557 g/mol. The summed E-state index contributed by atoms with van der Waals surface area (Å²) in [4.78, 5) is 28.2. The van der Waals surface area contributed by atoms with Gasteiger partial charge in [-0.25, -0.2) is 4.98 Å². The first-order valence-corrected chi connectivity index (χ1v) is 14.5. The lowest BCUT2D eigenvalue weighted by Crippen LogP contribution is -2.24. The molecule has 0 saturated heterocycles. The maximum absolute atomic E-state index is 13.6. The predicted octanol–water partition coefficient (Wildman–Crippen LogP) is 5.78. The van der Waals surface area contributed by atoms with E-state index in [0.717, 1.165) is 0 Å². The molecule has 37 heavy (non-hydrogen) atoms. The minimum absolute atomic E-state index is 0.0117. The fraction of sp³-hybridized carbons (Fsp3) is 0.333. The van der Waals surface area contributed by atoms with Gasteiger partial charge >= 0.3 is 13.8 Å². The van der Waals surface area contributed by atoms with E-state index in [4.69, 9.17) is 0 Å². The molecule has 200 valence electrons. The number of nitrogens with zero attached hydrogens (tertiary/aromatic N) is 2. The van der Waals surface area contributed by atoms with Gasteiger partial charge in [-0.2, -0.15) is 18.2 Å². The van der Waals surface area contributed by atoms with E-state index in [2.05, 4.69) is 20.6 Å². The summed E-state index contributed by atoms with van der Waals surface area (Å²) in [7, 11) is -5.69. The van der Waals surface area contributed by atoms with Gasteiger partial charge in [0.1, 0.15) is 11.4 Å². The number of hydrogen-bond donors (Lipinski definition) is 4. The van der Waals surface area contributed by atoms with Gasteiger partial charge in [0.2, 0.25) is 5.95 Å². The lowest BCUT2D eigenvalue weighted by molar-refractivity contribution is -0.137. The largest absolute Gasteiger partial charge is 0.421 e. The Morgan fingerprint density at radius 2 is 1.70 bits per heavy atom. The lowest BCUT2D eigenvalue weighted by Gasteiger charge is -2.33. The van der Waals surface area contributed by atoms with Crippen molar-refractivity contribution in [3.8, 4) is 0 Å². The molecule has 4 N–H and O–H groups in total. The molecule has 2 aromatic carbocycles. The molecule has 3 aromatic rings. The van der Waals surface area contributed by atoms with Crippen LogP contribution < -0.4 is 10.6 Å². The molecule has 0 aliphatic heterocycles. The van der Waals surface area contributed by atoms with Crippen molar-refractivity contribution in [3.05, 3.63) is 71.4 Å². The Bertz CT molecular complexity index is 1310. The zero-order valence-electron chi connectivity index (χ0n) is 20.4. The first-order chi connectivity index (χ1) is 17.3. The molecule has 0 fully saturated rings. The van der Waals surface area contributed by atoms with E-state index in [0.29, 0.717) is 27.9 Å². The molecule has 0 saturated carbocycles. The molecule has 0 bridgehead atoms. The quantitative estimate of drug-likeness (QED) is 0.232. The summed E-state index contributed by atoms with van der Waals surface area (Å²) >= 11 is 0. The van der Waals surface area contributed by atoms with E-state index in [1.54, 1.807) is 62.4 Å². The summed E-state index contributed by atoms with van der Waals surface area (Å²) in [6.45, 7) is 3.42. The highest BCUT2D eigenvalue weighted by Gasteiger charge is 2.45. The van der Waals surface area contributed by atoms with Crippen molar-refractivity contribution in [2.75, 3.05) is 16.9 Å². The number of aromatic nitrogens is 2. The highest BCUT2D eigenvalue weighted by Crippen LogP contribution is 2.60. The Balaban J connectivity index is 1.86. The van der Waals surface area contributed by atoms with Crippen LogP contribution in [0.3, 0.4) is 0 Å². The molecule has 13 heteroatoms. The molecule has 1 atom stereocenters. The molecular weight excluding hydrogens is 528 g/mol. The molecule has 0 aliphatic rings. The van der Waals surface area contributed by atoms with Crippen molar-refractivity contribution in [1.29, 1.82) is 0 Å². The summed E-state index contributed by atoms with van der Waals surface area (Å²) in [6, 6.07) is 13.0. The number of alkyl halides is 3. The second-order valence-electron chi connectivity index (χ2n) is 8.39. The summed E-state index contributed by atoms with van der Waals surface area (Å²) in [5.74, 6) is -0.527. The topological polar surface area (TPSA) is 124 Å². The molecule has 3 rings (SSSR count). The Morgan fingerprint density at radius 1 is 1.05 bits per heavy atom. The van der Waals surface area contributed by atoms with E-state index < -0.39 is 41.1 Å². The number of halogens is 3. The van der Waals surface area contributed by atoms with Crippen LogP contribution in [-0.2, 0) is 33.2 Å². The molecule has 0 spiro atoms. The van der Waals surface area contributed by atoms with Gasteiger partial charge in [-0.05, 0) is 48.2 Å². The summed E-state index contributed by atoms with van der Waals surface area (Å²) < 4.78 is 64.6. The van der Waals surface area contributed by atoms with Crippen LogP contribution in [0, 0.1) is 0 Å². The third-order valence-electron chi connectivity index (χ3n) is 6.19. The van der Waals surface area contributed by atoms with Gasteiger partial charge < -0.3 is 20.4 Å². The number of rotatable bonds is 10. The van der Waals surface area contributed by atoms with Gasteiger partial charge in [0.05, 0.1) is 5.16 Å². The Hall–Kier alpha value is -2.79. The summed E-state index contributed by atoms with van der Waals surface area (Å²) in [5.41, 5.74) is 0.479. The first kappa shape index (κ1) is 28.8. The van der Waals surface area contributed by atoms with Crippen LogP contribution in [0.5, 0.6) is 0 Å². The van der Waals surface area contributed by atoms with Crippen LogP contribution in [0.4, 0.5) is 30.6 Å². The standard InChI is InChI=1S/C24H28F3N4O4PS/c1-4-23(5-2,36(32,33)34)17-9-11-18(12-10-17)30-22-29-15-20(24(25,26)27)21(31-22)28-14-16-7-6-8-19(13-16)37(3)35/h6-13,15H,4-5,14H2,1-3H3,(H2,32,33,34)(H2,28,29,30,31). The van der Waals surface area contributed by atoms with Crippen LogP contribution in [0.2, 0.25) is 0 Å². The number of hydrogen-bond acceptors (Lipinski definition) is 6. The van der Waals surface area contributed by atoms with Gasteiger partial charge in [0.15, 0.2) is 0 Å². The monoisotopic (exact) mass is 556 g/mol. The SMILES string of the molecule is CCC(CC)(c1ccc(Nc2ncc(C(F)(F)F)c(NCc3cccc(S(C)=O)c3)n2)cc1)P(=O)(O)O. The first-order valence-electron chi connectivity index (χ1n) is 11.3. The van der Waals surface area contributed by atoms with Crippen LogP contribution >= 0.6 is 7.60 Å². The average Bonchev–Trinajstić information content (AvgIpc) is 2.83. The minimum atomic E-state index is -4.69.